The van der Waals surface area contributed by atoms with Gasteiger partial charge in [-0.25, -0.2) is 4.79 Å². The molecule has 0 bridgehead atoms. The smallest absolute Gasteiger partial charge is 0.336 e. The van der Waals surface area contributed by atoms with Crippen molar-refractivity contribution in [2.45, 2.75) is 26.7 Å². The van der Waals surface area contributed by atoms with Gasteiger partial charge in [-0.3, -0.25) is 0 Å². The van der Waals surface area contributed by atoms with Crippen LogP contribution in [0.5, 0.6) is 5.75 Å². The van der Waals surface area contributed by atoms with E-state index < -0.39 is 5.97 Å². The summed E-state index contributed by atoms with van der Waals surface area (Å²) in [4.78, 5) is 10.9. The van der Waals surface area contributed by atoms with Gasteiger partial charge in [-0.15, -0.1) is 0 Å². The van der Waals surface area contributed by atoms with Gasteiger partial charge in [0.2, 0.25) is 0 Å². The second-order valence-corrected chi connectivity index (χ2v) is 5.01. The Balaban J connectivity index is 2.66. The lowest BCUT2D eigenvalue weighted by Gasteiger charge is -2.12. The van der Waals surface area contributed by atoms with E-state index in [0.29, 0.717) is 22.7 Å². The number of carboxylic acid groups (broad SMARTS) is 1. The molecule has 1 unspecified atom stereocenters. The fourth-order valence-electron chi connectivity index (χ4n) is 1.57. The minimum absolute atomic E-state index is 0.227. The topological polar surface area (TPSA) is 46.5 Å². The molecule has 0 saturated heterocycles. The van der Waals surface area contributed by atoms with Gasteiger partial charge >= 0.3 is 5.97 Å². The summed E-state index contributed by atoms with van der Waals surface area (Å²) in [5.41, 5.74) is 0.227. The van der Waals surface area contributed by atoms with Gasteiger partial charge < -0.3 is 9.84 Å². The van der Waals surface area contributed by atoms with E-state index in [0.717, 1.165) is 12.8 Å². The summed E-state index contributed by atoms with van der Waals surface area (Å²) in [6.45, 7) is 4.88. The van der Waals surface area contributed by atoms with Gasteiger partial charge in [-0.05, 0) is 46.5 Å². The molecule has 0 amide bonds. The molecule has 0 radical (unpaired) electrons. The van der Waals surface area contributed by atoms with Crippen molar-refractivity contribution in [3.05, 3.63) is 28.2 Å². The number of aromatic carboxylic acids is 1. The van der Waals surface area contributed by atoms with Crippen LogP contribution in [-0.2, 0) is 0 Å². The Kier molecular flexibility index (Phi) is 5.48. The van der Waals surface area contributed by atoms with E-state index in [2.05, 4.69) is 29.8 Å². The van der Waals surface area contributed by atoms with E-state index in [1.807, 2.05) is 0 Å². The fraction of sp³-hybridized carbons (Fsp3) is 0.462. The van der Waals surface area contributed by atoms with Gasteiger partial charge in [-0.2, -0.15) is 0 Å². The predicted octanol–water partition coefficient (Wildman–Crippen LogP) is 3.96. The molecule has 0 heterocycles. The molecule has 0 spiro atoms. The Morgan fingerprint density at radius 1 is 1.53 bits per heavy atom. The number of carbonyl (C=O) groups is 1. The van der Waals surface area contributed by atoms with Crippen LogP contribution < -0.4 is 4.74 Å². The quantitative estimate of drug-likeness (QED) is 0.865. The number of halogens is 1. The van der Waals surface area contributed by atoms with Crippen LogP contribution >= 0.6 is 15.9 Å². The van der Waals surface area contributed by atoms with Crippen molar-refractivity contribution in [1.29, 1.82) is 0 Å². The Morgan fingerprint density at radius 2 is 2.24 bits per heavy atom. The average Bonchev–Trinajstić information content (AvgIpc) is 2.28. The van der Waals surface area contributed by atoms with Gasteiger partial charge in [-0.1, -0.05) is 20.3 Å². The second-order valence-electron chi connectivity index (χ2n) is 4.15. The molecule has 0 saturated carbocycles. The lowest BCUT2D eigenvalue weighted by atomic mass is 10.1. The minimum atomic E-state index is -0.955. The van der Waals surface area contributed by atoms with E-state index in [1.165, 1.54) is 0 Å². The molecule has 4 heteroatoms. The Bertz CT molecular complexity index is 390. The standard InChI is InChI=1S/C13H17BrO3/c1-3-4-9(2)8-17-10-5-6-12(14)11(7-10)13(15)16/h5-7,9H,3-4,8H2,1-2H3,(H,15,16). The van der Waals surface area contributed by atoms with Crippen LogP contribution in [0.2, 0.25) is 0 Å². The van der Waals surface area contributed by atoms with Crippen LogP contribution in [0.4, 0.5) is 0 Å². The number of ether oxygens (including phenoxy) is 1. The third-order valence-corrected chi connectivity index (χ3v) is 3.18. The first-order valence-corrected chi connectivity index (χ1v) is 6.49. The Morgan fingerprint density at radius 3 is 2.82 bits per heavy atom. The highest BCUT2D eigenvalue weighted by Crippen LogP contribution is 2.23. The average molecular weight is 301 g/mol. The summed E-state index contributed by atoms with van der Waals surface area (Å²) in [6.07, 6.45) is 2.24. The molecule has 1 rings (SSSR count). The maximum absolute atomic E-state index is 10.9. The summed E-state index contributed by atoms with van der Waals surface area (Å²) >= 11 is 3.20. The van der Waals surface area contributed by atoms with Crippen LogP contribution in [0.3, 0.4) is 0 Å². The first-order chi connectivity index (χ1) is 8.04. The van der Waals surface area contributed by atoms with Gasteiger partial charge in [0.05, 0.1) is 12.2 Å². The molecule has 1 aromatic rings. The zero-order chi connectivity index (χ0) is 12.8. The molecular formula is C13H17BrO3. The number of hydrogen-bond donors (Lipinski definition) is 1. The van der Waals surface area contributed by atoms with Crippen molar-refractivity contribution in [3.63, 3.8) is 0 Å². The first kappa shape index (κ1) is 14.0. The van der Waals surface area contributed by atoms with Crippen LogP contribution in [0.25, 0.3) is 0 Å². The SMILES string of the molecule is CCCC(C)COc1ccc(Br)c(C(=O)O)c1. The molecule has 0 aliphatic rings. The molecule has 3 nitrogen and oxygen atoms in total. The van der Waals surface area contributed by atoms with Crippen LogP contribution in [0.15, 0.2) is 22.7 Å². The van der Waals surface area contributed by atoms with Crippen LogP contribution in [0, 0.1) is 5.92 Å². The van der Waals surface area contributed by atoms with Crippen LogP contribution in [0.1, 0.15) is 37.0 Å². The lowest BCUT2D eigenvalue weighted by molar-refractivity contribution is 0.0695. The zero-order valence-corrected chi connectivity index (χ0v) is 11.7. The number of hydrogen-bond acceptors (Lipinski definition) is 2. The molecule has 0 fully saturated rings. The van der Waals surface area contributed by atoms with Crippen molar-refractivity contribution in [1.82, 2.24) is 0 Å². The van der Waals surface area contributed by atoms with Crippen molar-refractivity contribution < 1.29 is 14.6 Å². The molecule has 94 valence electrons. The summed E-state index contributed by atoms with van der Waals surface area (Å²) in [6, 6.07) is 5.02. The van der Waals surface area contributed by atoms with E-state index in [1.54, 1.807) is 18.2 Å². The second kappa shape index (κ2) is 6.64. The molecule has 0 aliphatic carbocycles. The fourth-order valence-corrected chi connectivity index (χ4v) is 1.99. The zero-order valence-electron chi connectivity index (χ0n) is 10.1. The Labute approximate surface area is 110 Å². The maximum atomic E-state index is 10.9. The van der Waals surface area contributed by atoms with Crippen molar-refractivity contribution in [2.24, 2.45) is 5.92 Å². The number of carboxylic acids is 1. The van der Waals surface area contributed by atoms with Gasteiger partial charge in [0.25, 0.3) is 0 Å². The van der Waals surface area contributed by atoms with E-state index >= 15 is 0 Å². The Hall–Kier alpha value is -1.03. The molecule has 1 aromatic carbocycles. The third kappa shape index (κ3) is 4.38. The van der Waals surface area contributed by atoms with E-state index in [4.69, 9.17) is 9.84 Å². The normalized spacial score (nSPS) is 12.2. The van der Waals surface area contributed by atoms with Crippen molar-refractivity contribution in [3.8, 4) is 5.75 Å². The molecule has 17 heavy (non-hydrogen) atoms. The van der Waals surface area contributed by atoms with Crippen molar-refractivity contribution >= 4 is 21.9 Å². The highest BCUT2D eigenvalue weighted by atomic mass is 79.9. The molecule has 1 atom stereocenters. The number of rotatable bonds is 6. The number of benzene rings is 1. The summed E-state index contributed by atoms with van der Waals surface area (Å²) < 4.78 is 6.15. The monoisotopic (exact) mass is 300 g/mol. The van der Waals surface area contributed by atoms with E-state index in [-0.39, 0.29) is 5.56 Å². The highest BCUT2D eigenvalue weighted by molar-refractivity contribution is 9.10. The summed E-state index contributed by atoms with van der Waals surface area (Å²) in [7, 11) is 0. The summed E-state index contributed by atoms with van der Waals surface area (Å²) in [5, 5.41) is 8.97. The summed E-state index contributed by atoms with van der Waals surface area (Å²) in [5.74, 6) is 0.134. The van der Waals surface area contributed by atoms with Gasteiger partial charge in [0.1, 0.15) is 5.75 Å². The molecule has 0 aromatic heterocycles. The molecule has 1 N–H and O–H groups in total. The van der Waals surface area contributed by atoms with Gasteiger partial charge in [0, 0.05) is 4.47 Å². The lowest BCUT2D eigenvalue weighted by Crippen LogP contribution is -2.08. The largest absolute Gasteiger partial charge is 0.493 e. The molecular weight excluding hydrogens is 284 g/mol. The van der Waals surface area contributed by atoms with Crippen LogP contribution in [-0.4, -0.2) is 17.7 Å². The first-order valence-electron chi connectivity index (χ1n) is 5.70. The predicted molar refractivity (Wildman–Crippen MR) is 70.7 cm³/mol. The van der Waals surface area contributed by atoms with E-state index in [9.17, 15) is 4.79 Å². The minimum Gasteiger partial charge on any atom is -0.493 e. The van der Waals surface area contributed by atoms with Crippen molar-refractivity contribution in [2.75, 3.05) is 6.61 Å². The highest BCUT2D eigenvalue weighted by Gasteiger charge is 2.10. The molecule has 0 aliphatic heterocycles. The third-order valence-electron chi connectivity index (χ3n) is 2.48. The van der Waals surface area contributed by atoms with Gasteiger partial charge in [0.15, 0.2) is 0 Å². The maximum Gasteiger partial charge on any atom is 0.336 e.